The Hall–Kier alpha value is -1.49. The standard InChI is InChI=1S/C14H16BrNO3/c1-3-13(17)16-12(9-19-14(18)4-2)10-5-7-11(15)8-6-10/h5-8H,3-4,9H2,1-2H3. The highest BCUT2D eigenvalue weighted by Crippen LogP contribution is 2.12. The van der Waals surface area contributed by atoms with Crippen LogP contribution in [-0.2, 0) is 14.3 Å². The molecule has 0 atom stereocenters. The van der Waals surface area contributed by atoms with Gasteiger partial charge in [0.25, 0.3) is 0 Å². The predicted octanol–water partition coefficient (Wildman–Crippen LogP) is 3.13. The van der Waals surface area contributed by atoms with Crippen molar-refractivity contribution < 1.29 is 14.3 Å². The number of hydrogen-bond donors (Lipinski definition) is 0. The molecule has 0 unspecified atom stereocenters. The van der Waals surface area contributed by atoms with Gasteiger partial charge in [-0.05, 0) is 17.7 Å². The minimum Gasteiger partial charge on any atom is -0.459 e. The van der Waals surface area contributed by atoms with Gasteiger partial charge in [0.15, 0.2) is 0 Å². The van der Waals surface area contributed by atoms with Crippen LogP contribution >= 0.6 is 15.9 Å². The summed E-state index contributed by atoms with van der Waals surface area (Å²) in [6.45, 7) is 3.47. The van der Waals surface area contributed by atoms with Crippen molar-refractivity contribution in [2.75, 3.05) is 6.61 Å². The Labute approximate surface area is 121 Å². The highest BCUT2D eigenvalue weighted by atomic mass is 79.9. The number of carbonyl (C=O) groups excluding carboxylic acids is 2. The van der Waals surface area contributed by atoms with E-state index < -0.39 is 0 Å². The first-order chi connectivity index (χ1) is 9.06. The molecule has 0 heterocycles. The maximum absolute atomic E-state index is 11.4. The molecule has 0 aromatic heterocycles. The van der Waals surface area contributed by atoms with Crippen LogP contribution in [-0.4, -0.2) is 24.2 Å². The van der Waals surface area contributed by atoms with E-state index in [2.05, 4.69) is 20.9 Å². The van der Waals surface area contributed by atoms with E-state index in [1.54, 1.807) is 13.8 Å². The molecule has 1 aromatic carbocycles. The highest BCUT2D eigenvalue weighted by Gasteiger charge is 2.09. The Morgan fingerprint density at radius 2 is 1.79 bits per heavy atom. The Morgan fingerprint density at radius 3 is 2.32 bits per heavy atom. The van der Waals surface area contributed by atoms with Crippen LogP contribution in [0.3, 0.4) is 0 Å². The van der Waals surface area contributed by atoms with Gasteiger partial charge in [0, 0.05) is 17.3 Å². The molecule has 0 radical (unpaired) electrons. The summed E-state index contributed by atoms with van der Waals surface area (Å²) in [4.78, 5) is 26.6. The summed E-state index contributed by atoms with van der Waals surface area (Å²) in [5, 5.41) is 0. The van der Waals surface area contributed by atoms with Crippen molar-refractivity contribution in [2.24, 2.45) is 4.99 Å². The minimum absolute atomic E-state index is 0.0139. The lowest BCUT2D eigenvalue weighted by atomic mass is 10.1. The molecule has 0 aliphatic carbocycles. The van der Waals surface area contributed by atoms with E-state index in [1.165, 1.54) is 0 Å². The van der Waals surface area contributed by atoms with Crippen molar-refractivity contribution in [3.63, 3.8) is 0 Å². The number of aliphatic imine (C=N–C) groups is 1. The molecule has 0 aliphatic rings. The molecule has 0 bridgehead atoms. The zero-order chi connectivity index (χ0) is 14.3. The van der Waals surface area contributed by atoms with E-state index in [9.17, 15) is 9.59 Å². The van der Waals surface area contributed by atoms with Gasteiger partial charge in [-0.15, -0.1) is 0 Å². The quantitative estimate of drug-likeness (QED) is 0.617. The minimum atomic E-state index is -0.311. The molecular weight excluding hydrogens is 310 g/mol. The van der Waals surface area contributed by atoms with Crippen LogP contribution in [0.4, 0.5) is 0 Å². The number of hydrogen-bond acceptors (Lipinski definition) is 3. The monoisotopic (exact) mass is 325 g/mol. The van der Waals surface area contributed by atoms with E-state index in [0.717, 1.165) is 10.0 Å². The van der Waals surface area contributed by atoms with Gasteiger partial charge in [0.2, 0.25) is 5.91 Å². The van der Waals surface area contributed by atoms with Crippen LogP contribution in [0.15, 0.2) is 33.7 Å². The van der Waals surface area contributed by atoms with Crippen molar-refractivity contribution in [1.82, 2.24) is 0 Å². The Kier molecular flexibility index (Phi) is 6.42. The average molecular weight is 326 g/mol. The summed E-state index contributed by atoms with van der Waals surface area (Å²) in [5.74, 6) is -0.542. The van der Waals surface area contributed by atoms with Crippen LogP contribution < -0.4 is 0 Å². The maximum atomic E-state index is 11.4. The third kappa shape index (κ3) is 5.34. The van der Waals surface area contributed by atoms with Gasteiger partial charge in [-0.1, -0.05) is 41.9 Å². The zero-order valence-electron chi connectivity index (χ0n) is 11.0. The van der Waals surface area contributed by atoms with Gasteiger partial charge in [-0.2, -0.15) is 0 Å². The number of halogens is 1. The summed E-state index contributed by atoms with van der Waals surface area (Å²) < 4.78 is 5.98. The van der Waals surface area contributed by atoms with Gasteiger partial charge >= 0.3 is 5.97 Å². The number of esters is 1. The van der Waals surface area contributed by atoms with Gasteiger partial charge in [0.05, 0.1) is 5.71 Å². The largest absolute Gasteiger partial charge is 0.459 e. The summed E-state index contributed by atoms with van der Waals surface area (Å²) in [6.07, 6.45) is 0.622. The second kappa shape index (κ2) is 7.84. The lowest BCUT2D eigenvalue weighted by molar-refractivity contribution is -0.141. The molecule has 5 heteroatoms. The molecule has 1 amide bonds. The van der Waals surface area contributed by atoms with Crippen LogP contribution in [0.2, 0.25) is 0 Å². The molecule has 0 N–H and O–H groups in total. The van der Waals surface area contributed by atoms with Gasteiger partial charge in [0.1, 0.15) is 6.61 Å². The Bertz CT molecular complexity index is 480. The number of carbonyl (C=O) groups is 2. The molecular formula is C14H16BrNO3. The first-order valence-electron chi connectivity index (χ1n) is 6.08. The number of rotatable bonds is 5. The molecule has 1 aromatic rings. The second-order valence-electron chi connectivity index (χ2n) is 3.83. The second-order valence-corrected chi connectivity index (χ2v) is 4.74. The Balaban J connectivity index is 2.92. The van der Waals surface area contributed by atoms with E-state index >= 15 is 0 Å². The molecule has 0 saturated carbocycles. The smallest absolute Gasteiger partial charge is 0.305 e. The molecule has 0 saturated heterocycles. The lowest BCUT2D eigenvalue weighted by Gasteiger charge is -2.07. The molecule has 1 rings (SSSR count). The normalized spacial score (nSPS) is 11.2. The molecule has 0 spiro atoms. The highest BCUT2D eigenvalue weighted by molar-refractivity contribution is 9.10. The molecule has 19 heavy (non-hydrogen) atoms. The third-order valence-corrected chi connectivity index (χ3v) is 2.93. The summed E-state index contributed by atoms with van der Waals surface area (Å²) >= 11 is 3.34. The van der Waals surface area contributed by atoms with Crippen molar-refractivity contribution in [1.29, 1.82) is 0 Å². The number of ether oxygens (including phenoxy) is 1. The topological polar surface area (TPSA) is 55.7 Å². The summed E-state index contributed by atoms with van der Waals surface area (Å²) in [5.41, 5.74) is 1.25. The van der Waals surface area contributed by atoms with Gasteiger partial charge in [-0.3, -0.25) is 9.59 Å². The van der Waals surface area contributed by atoms with Crippen LogP contribution in [0.5, 0.6) is 0 Å². The van der Waals surface area contributed by atoms with Crippen molar-refractivity contribution in [2.45, 2.75) is 26.7 Å². The van der Waals surface area contributed by atoms with Crippen LogP contribution in [0.1, 0.15) is 32.3 Å². The van der Waals surface area contributed by atoms with E-state index in [0.29, 0.717) is 18.6 Å². The van der Waals surface area contributed by atoms with Crippen LogP contribution in [0.25, 0.3) is 0 Å². The number of benzene rings is 1. The van der Waals surface area contributed by atoms with Crippen molar-refractivity contribution in [3.8, 4) is 0 Å². The lowest BCUT2D eigenvalue weighted by Crippen LogP contribution is -2.16. The van der Waals surface area contributed by atoms with E-state index in [1.807, 2.05) is 24.3 Å². The predicted molar refractivity (Wildman–Crippen MR) is 77.2 cm³/mol. The van der Waals surface area contributed by atoms with Gasteiger partial charge in [-0.25, -0.2) is 4.99 Å². The molecule has 102 valence electrons. The Morgan fingerprint density at radius 1 is 1.16 bits per heavy atom. The van der Waals surface area contributed by atoms with E-state index in [-0.39, 0.29) is 18.5 Å². The average Bonchev–Trinajstić information content (AvgIpc) is 2.43. The summed E-state index contributed by atoms with van der Waals surface area (Å²) in [7, 11) is 0. The zero-order valence-corrected chi connectivity index (χ0v) is 12.6. The number of amides is 1. The third-order valence-electron chi connectivity index (χ3n) is 2.40. The van der Waals surface area contributed by atoms with Gasteiger partial charge < -0.3 is 4.74 Å². The molecule has 0 fully saturated rings. The fourth-order valence-corrected chi connectivity index (χ4v) is 1.57. The van der Waals surface area contributed by atoms with Crippen molar-refractivity contribution >= 4 is 33.5 Å². The SMILES string of the molecule is CCC(=O)N=C(COC(=O)CC)c1ccc(Br)cc1. The molecule has 0 aliphatic heterocycles. The first-order valence-corrected chi connectivity index (χ1v) is 6.88. The number of nitrogens with zero attached hydrogens (tertiary/aromatic N) is 1. The van der Waals surface area contributed by atoms with Crippen LogP contribution in [0, 0.1) is 0 Å². The fraction of sp³-hybridized carbons (Fsp3) is 0.357. The molecule has 4 nitrogen and oxygen atoms in total. The summed E-state index contributed by atoms with van der Waals surface area (Å²) in [6, 6.07) is 7.35. The fourth-order valence-electron chi connectivity index (χ4n) is 1.30. The maximum Gasteiger partial charge on any atom is 0.305 e. The van der Waals surface area contributed by atoms with Crippen molar-refractivity contribution in [3.05, 3.63) is 34.3 Å². The van der Waals surface area contributed by atoms with E-state index in [4.69, 9.17) is 4.74 Å². The first kappa shape index (κ1) is 15.6.